The Bertz CT molecular complexity index is 396. The molecule has 0 aliphatic carbocycles. The van der Waals surface area contributed by atoms with Crippen molar-refractivity contribution < 1.29 is 4.52 Å². The summed E-state index contributed by atoms with van der Waals surface area (Å²) in [6, 6.07) is 2.03. The van der Waals surface area contributed by atoms with Crippen molar-refractivity contribution >= 4 is 5.96 Å². The summed E-state index contributed by atoms with van der Waals surface area (Å²) in [5.41, 5.74) is 1.05. The van der Waals surface area contributed by atoms with Gasteiger partial charge in [0.2, 0.25) is 0 Å². The molecule has 0 amide bonds. The van der Waals surface area contributed by atoms with E-state index >= 15 is 0 Å². The zero-order chi connectivity index (χ0) is 14.8. The van der Waals surface area contributed by atoms with E-state index in [1.165, 1.54) is 0 Å². The molecule has 1 rings (SSSR count). The van der Waals surface area contributed by atoms with Crippen molar-refractivity contribution in [2.75, 3.05) is 13.1 Å². The van der Waals surface area contributed by atoms with Crippen molar-refractivity contribution in [3.8, 4) is 0 Å². The molecule has 1 heterocycles. The second kappa shape index (κ2) is 9.39. The van der Waals surface area contributed by atoms with E-state index in [2.05, 4.69) is 48.5 Å². The highest BCUT2D eigenvalue weighted by atomic mass is 16.5. The van der Waals surface area contributed by atoms with Gasteiger partial charge in [0.25, 0.3) is 0 Å². The molecule has 0 saturated heterocycles. The molecule has 114 valence electrons. The maximum absolute atomic E-state index is 5.37. The Kier molecular flexibility index (Phi) is 7.77. The Morgan fingerprint density at radius 2 is 2.00 bits per heavy atom. The first-order chi connectivity index (χ1) is 9.74. The standard InChI is InChI=1S/C15H28N4O/c1-5-9-17-15(16-8-4)18-11-13-10-14(19-20-13)12(6-2)7-3/h10,12H,5-9,11H2,1-4H3,(H2,16,17,18). The van der Waals surface area contributed by atoms with Gasteiger partial charge in [-0.15, -0.1) is 0 Å². The van der Waals surface area contributed by atoms with Gasteiger partial charge in [-0.2, -0.15) is 0 Å². The SMILES string of the molecule is CCCNC(=NCc1cc(C(CC)CC)no1)NCC. The molecule has 0 saturated carbocycles. The molecule has 20 heavy (non-hydrogen) atoms. The molecular formula is C15H28N4O. The lowest BCUT2D eigenvalue weighted by Gasteiger charge is -2.09. The van der Waals surface area contributed by atoms with Gasteiger partial charge in [0.1, 0.15) is 6.54 Å². The maximum Gasteiger partial charge on any atom is 0.191 e. The van der Waals surface area contributed by atoms with Gasteiger partial charge < -0.3 is 15.2 Å². The van der Waals surface area contributed by atoms with Gasteiger partial charge in [0.05, 0.1) is 5.69 Å². The number of hydrogen-bond donors (Lipinski definition) is 2. The van der Waals surface area contributed by atoms with Crippen LogP contribution in [0, 0.1) is 0 Å². The summed E-state index contributed by atoms with van der Waals surface area (Å²) in [4.78, 5) is 4.51. The zero-order valence-corrected chi connectivity index (χ0v) is 13.2. The molecule has 2 N–H and O–H groups in total. The summed E-state index contributed by atoms with van der Waals surface area (Å²) in [5.74, 6) is 2.14. The van der Waals surface area contributed by atoms with E-state index in [1.807, 2.05) is 6.07 Å². The first-order valence-corrected chi connectivity index (χ1v) is 7.72. The van der Waals surface area contributed by atoms with E-state index in [-0.39, 0.29) is 0 Å². The normalized spacial score (nSPS) is 11.9. The predicted molar refractivity (Wildman–Crippen MR) is 82.9 cm³/mol. The quantitative estimate of drug-likeness (QED) is 0.567. The van der Waals surface area contributed by atoms with Crippen LogP contribution in [0.5, 0.6) is 0 Å². The van der Waals surface area contributed by atoms with Crippen LogP contribution in [0.15, 0.2) is 15.6 Å². The van der Waals surface area contributed by atoms with Crippen molar-refractivity contribution in [1.29, 1.82) is 0 Å². The minimum Gasteiger partial charge on any atom is -0.359 e. The van der Waals surface area contributed by atoms with Crippen LogP contribution in [0.2, 0.25) is 0 Å². The second-order valence-corrected chi connectivity index (χ2v) is 4.85. The van der Waals surface area contributed by atoms with Gasteiger partial charge in [-0.25, -0.2) is 4.99 Å². The van der Waals surface area contributed by atoms with E-state index < -0.39 is 0 Å². The highest BCUT2D eigenvalue weighted by Crippen LogP contribution is 2.22. The minimum absolute atomic E-state index is 0.489. The van der Waals surface area contributed by atoms with Crippen molar-refractivity contribution in [2.45, 2.75) is 59.4 Å². The van der Waals surface area contributed by atoms with E-state index in [1.54, 1.807) is 0 Å². The molecule has 0 spiro atoms. The molecule has 0 atom stereocenters. The molecular weight excluding hydrogens is 252 g/mol. The average Bonchev–Trinajstić information content (AvgIpc) is 2.92. The van der Waals surface area contributed by atoms with Crippen LogP contribution in [0.25, 0.3) is 0 Å². The lowest BCUT2D eigenvalue weighted by Crippen LogP contribution is -2.37. The van der Waals surface area contributed by atoms with Crippen LogP contribution in [0.4, 0.5) is 0 Å². The summed E-state index contributed by atoms with van der Waals surface area (Å²) in [6.07, 6.45) is 3.25. The van der Waals surface area contributed by atoms with E-state index in [9.17, 15) is 0 Å². The molecule has 5 nitrogen and oxygen atoms in total. The van der Waals surface area contributed by atoms with Gasteiger partial charge in [0, 0.05) is 25.1 Å². The van der Waals surface area contributed by atoms with Crippen LogP contribution in [-0.4, -0.2) is 24.2 Å². The van der Waals surface area contributed by atoms with Crippen LogP contribution in [0.3, 0.4) is 0 Å². The van der Waals surface area contributed by atoms with Crippen LogP contribution in [-0.2, 0) is 6.54 Å². The number of nitrogens with one attached hydrogen (secondary N) is 2. The lowest BCUT2D eigenvalue weighted by molar-refractivity contribution is 0.372. The summed E-state index contributed by atoms with van der Waals surface area (Å²) < 4.78 is 5.37. The van der Waals surface area contributed by atoms with Crippen LogP contribution in [0.1, 0.15) is 64.3 Å². The van der Waals surface area contributed by atoms with Gasteiger partial charge in [0.15, 0.2) is 11.7 Å². The molecule has 0 unspecified atom stereocenters. The van der Waals surface area contributed by atoms with Gasteiger partial charge in [-0.3, -0.25) is 0 Å². The zero-order valence-electron chi connectivity index (χ0n) is 13.2. The first kappa shape index (κ1) is 16.5. The number of hydrogen-bond acceptors (Lipinski definition) is 3. The number of guanidine groups is 1. The molecule has 1 aromatic rings. The largest absolute Gasteiger partial charge is 0.359 e. The summed E-state index contributed by atoms with van der Waals surface area (Å²) in [6.45, 7) is 10.8. The maximum atomic E-state index is 5.37. The number of aliphatic imine (C=N–C) groups is 1. The van der Waals surface area contributed by atoms with Gasteiger partial charge in [-0.1, -0.05) is 25.9 Å². The van der Waals surface area contributed by atoms with Crippen molar-refractivity contribution in [1.82, 2.24) is 15.8 Å². The molecule has 0 aliphatic rings. The molecule has 1 aromatic heterocycles. The third-order valence-electron chi connectivity index (χ3n) is 3.26. The number of rotatable bonds is 8. The molecule has 0 radical (unpaired) electrons. The second-order valence-electron chi connectivity index (χ2n) is 4.85. The third kappa shape index (κ3) is 5.23. The lowest BCUT2D eigenvalue weighted by atomic mass is 9.99. The predicted octanol–water partition coefficient (Wildman–Crippen LogP) is 3.04. The van der Waals surface area contributed by atoms with E-state index in [4.69, 9.17) is 4.52 Å². The third-order valence-corrected chi connectivity index (χ3v) is 3.26. The van der Waals surface area contributed by atoms with Crippen molar-refractivity contribution in [2.24, 2.45) is 4.99 Å². The number of aromatic nitrogens is 1. The van der Waals surface area contributed by atoms with Crippen LogP contribution >= 0.6 is 0 Å². The Morgan fingerprint density at radius 1 is 1.25 bits per heavy atom. The smallest absolute Gasteiger partial charge is 0.191 e. The Hall–Kier alpha value is -1.52. The summed E-state index contributed by atoms with van der Waals surface area (Å²) >= 11 is 0. The Balaban J connectivity index is 2.62. The Morgan fingerprint density at radius 3 is 2.60 bits per heavy atom. The fraction of sp³-hybridized carbons (Fsp3) is 0.733. The topological polar surface area (TPSA) is 62.5 Å². The number of nitrogens with zero attached hydrogens (tertiary/aromatic N) is 2. The van der Waals surface area contributed by atoms with Gasteiger partial charge in [-0.05, 0) is 26.2 Å². The summed E-state index contributed by atoms with van der Waals surface area (Å²) in [5, 5.41) is 10.6. The minimum atomic E-state index is 0.489. The molecule has 5 heteroatoms. The molecule has 0 aromatic carbocycles. The van der Waals surface area contributed by atoms with Crippen molar-refractivity contribution in [3.63, 3.8) is 0 Å². The van der Waals surface area contributed by atoms with Crippen LogP contribution < -0.4 is 10.6 Å². The molecule has 0 fully saturated rings. The first-order valence-electron chi connectivity index (χ1n) is 7.72. The Labute approximate surface area is 122 Å². The monoisotopic (exact) mass is 280 g/mol. The van der Waals surface area contributed by atoms with E-state index in [0.29, 0.717) is 12.5 Å². The fourth-order valence-electron chi connectivity index (χ4n) is 2.04. The fourth-order valence-corrected chi connectivity index (χ4v) is 2.04. The van der Waals surface area contributed by atoms with Gasteiger partial charge >= 0.3 is 0 Å². The average molecular weight is 280 g/mol. The molecule has 0 aliphatic heterocycles. The summed E-state index contributed by atoms with van der Waals surface area (Å²) in [7, 11) is 0. The highest BCUT2D eigenvalue weighted by Gasteiger charge is 2.12. The van der Waals surface area contributed by atoms with E-state index in [0.717, 1.165) is 49.8 Å². The highest BCUT2D eigenvalue weighted by molar-refractivity contribution is 5.79. The van der Waals surface area contributed by atoms with Crippen molar-refractivity contribution in [3.05, 3.63) is 17.5 Å². The molecule has 0 bridgehead atoms.